The Morgan fingerprint density at radius 2 is 0.800 bits per heavy atom. The van der Waals surface area contributed by atoms with Gasteiger partial charge in [-0.3, -0.25) is 14.4 Å². The first-order chi connectivity index (χ1) is 36.6. The van der Waals surface area contributed by atoms with E-state index in [-0.39, 0.29) is 25.9 Å². The van der Waals surface area contributed by atoms with E-state index in [0.29, 0.717) is 25.7 Å². The van der Waals surface area contributed by atoms with Gasteiger partial charge >= 0.3 is 23.9 Å². The number of esters is 3. The molecule has 12 nitrogen and oxygen atoms in total. The van der Waals surface area contributed by atoms with Crippen LogP contribution < -0.4 is 0 Å². The third-order valence-corrected chi connectivity index (χ3v) is 12.0. The Balaban J connectivity index is 2.75. The van der Waals surface area contributed by atoms with E-state index in [0.717, 1.165) is 128 Å². The van der Waals surface area contributed by atoms with Gasteiger partial charge in [-0.15, -0.1) is 0 Å². The summed E-state index contributed by atoms with van der Waals surface area (Å²) >= 11 is 0. The normalized spacial score (nSPS) is 19.1. The highest BCUT2D eigenvalue weighted by atomic mass is 16.7. The van der Waals surface area contributed by atoms with Gasteiger partial charge in [0.05, 0.1) is 6.61 Å². The molecule has 0 aromatic carbocycles. The third kappa shape index (κ3) is 40.1. The van der Waals surface area contributed by atoms with Crippen molar-refractivity contribution < 1.29 is 58.2 Å². The Labute approximate surface area is 452 Å². The number of ether oxygens (including phenoxy) is 5. The number of allylic oxidation sites excluding steroid dienone is 20. The van der Waals surface area contributed by atoms with Gasteiger partial charge in [0.2, 0.25) is 0 Å². The van der Waals surface area contributed by atoms with E-state index in [9.17, 15) is 34.5 Å². The fourth-order valence-corrected chi connectivity index (χ4v) is 7.74. The second-order valence-electron chi connectivity index (χ2n) is 18.8. The Bertz CT molecular complexity index is 1770. The van der Waals surface area contributed by atoms with Gasteiger partial charge in [0.25, 0.3) is 0 Å². The number of carbonyl (C=O) groups excluding carboxylic acids is 3. The first-order valence-corrected chi connectivity index (χ1v) is 28.5. The number of hydrogen-bond acceptors (Lipinski definition) is 11. The monoisotopic (exact) mass is 1050 g/mol. The van der Waals surface area contributed by atoms with Crippen LogP contribution in [-0.4, -0.2) is 89.2 Å². The first kappa shape index (κ1) is 68.1. The summed E-state index contributed by atoms with van der Waals surface area (Å²) in [5.74, 6) is -3.25. The van der Waals surface area contributed by atoms with Crippen LogP contribution in [0.2, 0.25) is 0 Å². The number of hydrogen-bond donors (Lipinski definition) is 3. The largest absolute Gasteiger partial charge is 0.479 e. The SMILES string of the molecule is CC/C=C\C/C=C\C/C=C\C/C=C\CCCCC(=O)OC1C(OCC(COC(=O)CCCCCCCCC/C=C\C/C=C\C/C=C\CC)OC(=O)CCCCC/C=C\C/C=C\C/C=C\CC)OC(C(=O)O)C(O)C1O. The molecule has 0 bridgehead atoms. The van der Waals surface area contributed by atoms with Crippen LogP contribution in [0.4, 0.5) is 0 Å². The standard InChI is InChI=1S/C63H98O12/c1-4-7-10-13-16-19-22-25-27-28-30-32-34-37-40-43-46-49-55(64)71-52-54(73-56(65)50-47-44-41-38-35-31-24-21-18-15-12-9-6-3)53-72-63-61(59(68)58(67)60(75-63)62(69)70)74-57(66)51-48-45-42-39-36-33-29-26-23-20-17-14-11-8-5-2/h7-12,16-21,25-27,29,31,35-36,39,54,58-61,63,67-68H,4-6,13-15,22-24,28,30,32-34,37-38,40-53H2,1-3H3,(H,69,70)/b10-7-,11-8-,12-9-,19-16-,20-17-,21-18-,27-25-,29-26-,35-31-,39-36-. The van der Waals surface area contributed by atoms with E-state index >= 15 is 0 Å². The van der Waals surface area contributed by atoms with E-state index in [4.69, 9.17) is 23.7 Å². The van der Waals surface area contributed by atoms with Gasteiger partial charge in [-0.1, -0.05) is 181 Å². The summed E-state index contributed by atoms with van der Waals surface area (Å²) in [5, 5.41) is 31.4. The van der Waals surface area contributed by atoms with Crippen molar-refractivity contribution in [3.63, 3.8) is 0 Å². The molecule has 6 atom stereocenters. The number of aliphatic hydroxyl groups is 2. The molecule has 12 heteroatoms. The lowest BCUT2D eigenvalue weighted by molar-refractivity contribution is -0.301. The fraction of sp³-hybridized carbons (Fsp3) is 0.619. The number of carboxylic acids is 1. The van der Waals surface area contributed by atoms with Crippen LogP contribution in [0, 0.1) is 0 Å². The predicted molar refractivity (Wildman–Crippen MR) is 303 cm³/mol. The van der Waals surface area contributed by atoms with Gasteiger partial charge in [0.15, 0.2) is 24.6 Å². The van der Waals surface area contributed by atoms with Gasteiger partial charge in [0, 0.05) is 19.3 Å². The Morgan fingerprint density at radius 1 is 0.440 bits per heavy atom. The van der Waals surface area contributed by atoms with Gasteiger partial charge < -0.3 is 39.0 Å². The number of unbranched alkanes of at least 4 members (excludes halogenated alkanes) is 12. The van der Waals surface area contributed by atoms with Crippen LogP contribution in [0.15, 0.2) is 122 Å². The van der Waals surface area contributed by atoms with Crippen LogP contribution in [0.5, 0.6) is 0 Å². The minimum atomic E-state index is -1.93. The lowest BCUT2D eigenvalue weighted by atomic mass is 9.98. The van der Waals surface area contributed by atoms with Crippen LogP contribution >= 0.6 is 0 Å². The summed E-state index contributed by atoms with van der Waals surface area (Å²) in [5.41, 5.74) is 0. The van der Waals surface area contributed by atoms with Crippen molar-refractivity contribution in [3.8, 4) is 0 Å². The van der Waals surface area contributed by atoms with Crippen molar-refractivity contribution in [2.45, 2.75) is 237 Å². The highest BCUT2D eigenvalue weighted by Crippen LogP contribution is 2.26. The lowest BCUT2D eigenvalue weighted by Gasteiger charge is -2.40. The van der Waals surface area contributed by atoms with Crippen molar-refractivity contribution in [1.82, 2.24) is 0 Å². The van der Waals surface area contributed by atoms with Crippen molar-refractivity contribution in [1.29, 1.82) is 0 Å². The summed E-state index contributed by atoms with van der Waals surface area (Å²) in [6, 6.07) is 0. The van der Waals surface area contributed by atoms with E-state index in [1.807, 2.05) is 0 Å². The number of carboxylic acid groups (broad SMARTS) is 1. The third-order valence-electron chi connectivity index (χ3n) is 12.0. The van der Waals surface area contributed by atoms with Crippen LogP contribution in [0.1, 0.15) is 201 Å². The van der Waals surface area contributed by atoms with E-state index in [2.05, 4.69) is 142 Å². The zero-order valence-corrected chi connectivity index (χ0v) is 46.2. The summed E-state index contributed by atoms with van der Waals surface area (Å²) < 4.78 is 28.3. The molecule has 1 rings (SSSR count). The summed E-state index contributed by atoms with van der Waals surface area (Å²) in [7, 11) is 0. The molecule has 1 aliphatic heterocycles. The quantitative estimate of drug-likeness (QED) is 0.0228. The maximum atomic E-state index is 13.1. The zero-order valence-electron chi connectivity index (χ0n) is 46.2. The Morgan fingerprint density at radius 3 is 1.25 bits per heavy atom. The van der Waals surface area contributed by atoms with Gasteiger partial charge in [-0.05, 0) is 122 Å². The summed E-state index contributed by atoms with van der Waals surface area (Å²) in [6.07, 6.45) is 56.1. The topological polar surface area (TPSA) is 175 Å². The fourth-order valence-electron chi connectivity index (χ4n) is 7.74. The number of aliphatic hydroxyl groups excluding tert-OH is 2. The molecule has 422 valence electrons. The van der Waals surface area contributed by atoms with Crippen molar-refractivity contribution in [3.05, 3.63) is 122 Å². The van der Waals surface area contributed by atoms with Crippen molar-refractivity contribution >= 4 is 23.9 Å². The average molecular weight is 1050 g/mol. The minimum Gasteiger partial charge on any atom is -0.479 e. The van der Waals surface area contributed by atoms with Gasteiger partial charge in [0.1, 0.15) is 18.8 Å². The lowest BCUT2D eigenvalue weighted by Crippen LogP contribution is -2.61. The molecule has 75 heavy (non-hydrogen) atoms. The molecule has 6 unspecified atom stereocenters. The van der Waals surface area contributed by atoms with Crippen LogP contribution in [-0.2, 0) is 42.9 Å². The van der Waals surface area contributed by atoms with Gasteiger partial charge in [-0.25, -0.2) is 4.79 Å². The van der Waals surface area contributed by atoms with E-state index < -0.39 is 67.3 Å². The number of carbonyl (C=O) groups is 4. The molecule has 1 saturated heterocycles. The van der Waals surface area contributed by atoms with E-state index in [1.54, 1.807) is 0 Å². The number of aliphatic carboxylic acids is 1. The van der Waals surface area contributed by atoms with Crippen LogP contribution in [0.25, 0.3) is 0 Å². The molecule has 0 aromatic rings. The zero-order chi connectivity index (χ0) is 54.7. The maximum absolute atomic E-state index is 13.1. The molecular formula is C63H98O12. The maximum Gasteiger partial charge on any atom is 0.335 e. The van der Waals surface area contributed by atoms with Crippen LogP contribution in [0.3, 0.4) is 0 Å². The smallest absolute Gasteiger partial charge is 0.335 e. The number of rotatable bonds is 46. The molecule has 0 radical (unpaired) electrons. The molecule has 1 aliphatic rings. The molecule has 3 N–H and O–H groups in total. The Hall–Kier alpha value is -4.88. The molecule has 1 fully saturated rings. The van der Waals surface area contributed by atoms with Crippen molar-refractivity contribution in [2.24, 2.45) is 0 Å². The second-order valence-corrected chi connectivity index (χ2v) is 18.8. The second kappa shape index (κ2) is 50.0. The molecule has 0 spiro atoms. The first-order valence-electron chi connectivity index (χ1n) is 28.5. The highest BCUT2D eigenvalue weighted by molar-refractivity contribution is 5.74. The predicted octanol–water partition coefficient (Wildman–Crippen LogP) is 14.4. The molecule has 1 heterocycles. The molecule has 0 amide bonds. The highest BCUT2D eigenvalue weighted by Gasteiger charge is 2.50. The molecular weight excluding hydrogens is 949 g/mol. The Kier molecular flexibility index (Phi) is 45.4. The molecule has 0 saturated carbocycles. The summed E-state index contributed by atoms with van der Waals surface area (Å²) in [6.45, 7) is 5.58. The van der Waals surface area contributed by atoms with Crippen molar-refractivity contribution in [2.75, 3.05) is 13.2 Å². The van der Waals surface area contributed by atoms with E-state index in [1.165, 1.54) is 6.42 Å². The molecule has 0 aromatic heterocycles. The average Bonchev–Trinajstić information content (AvgIpc) is 3.39. The molecule has 0 aliphatic carbocycles. The minimum absolute atomic E-state index is 0.00280. The summed E-state index contributed by atoms with van der Waals surface area (Å²) in [4.78, 5) is 51.0. The van der Waals surface area contributed by atoms with Gasteiger partial charge in [-0.2, -0.15) is 0 Å².